The molecule has 7 heteroatoms. The Kier molecular flexibility index (Phi) is 5.02. The predicted molar refractivity (Wildman–Crippen MR) is 96.9 cm³/mol. The summed E-state index contributed by atoms with van der Waals surface area (Å²) in [5.74, 6) is 0. The van der Waals surface area contributed by atoms with Gasteiger partial charge >= 0.3 is 6.03 Å². The lowest BCUT2D eigenvalue weighted by molar-refractivity contribution is 0.252. The third-order valence-corrected chi connectivity index (χ3v) is 4.03. The summed E-state index contributed by atoms with van der Waals surface area (Å²) in [5, 5.41) is 8.06. The molecular weight excluding hydrogens is 322 g/mol. The number of hydrogen-bond donors (Lipinski definition) is 3. The molecule has 0 aliphatic heterocycles. The van der Waals surface area contributed by atoms with Crippen molar-refractivity contribution in [3.8, 4) is 11.3 Å². The zero-order valence-electron chi connectivity index (χ0n) is 12.9. The smallest absolute Gasteiger partial charge is 0.319 e. The van der Waals surface area contributed by atoms with Gasteiger partial charge in [-0.15, -0.1) is 11.3 Å². The molecule has 0 radical (unpaired) electrons. The minimum absolute atomic E-state index is 0.239. The summed E-state index contributed by atoms with van der Waals surface area (Å²) in [4.78, 5) is 20.3. The third kappa shape index (κ3) is 4.30. The lowest BCUT2D eigenvalue weighted by atomic mass is 10.1. The van der Waals surface area contributed by atoms with E-state index in [0.29, 0.717) is 18.1 Å². The summed E-state index contributed by atoms with van der Waals surface area (Å²) >= 11 is 1.40. The van der Waals surface area contributed by atoms with Crippen molar-refractivity contribution in [2.75, 3.05) is 17.6 Å². The van der Waals surface area contributed by atoms with Crippen LogP contribution in [0.3, 0.4) is 0 Å². The molecule has 6 nitrogen and oxygen atoms in total. The molecule has 0 aliphatic carbocycles. The van der Waals surface area contributed by atoms with E-state index in [1.54, 1.807) is 6.20 Å². The Balaban J connectivity index is 1.49. The molecule has 0 saturated carbocycles. The Bertz CT molecular complexity index is 801. The fraction of sp³-hybridized carbons (Fsp3) is 0.118. The standard InChI is InChI=1S/C17H17N5OS/c18-16-22-15(11-24-16)12-4-6-14(7-5-12)21-17(23)20-10-8-13-3-1-2-9-19-13/h1-7,9,11H,8,10H2,(H2,18,22)(H2,20,21,23). The maximum Gasteiger partial charge on any atom is 0.319 e. The minimum atomic E-state index is -0.239. The number of anilines is 2. The van der Waals surface area contributed by atoms with Gasteiger partial charge in [-0.1, -0.05) is 18.2 Å². The molecule has 1 aromatic carbocycles. The fourth-order valence-corrected chi connectivity index (χ4v) is 2.74. The maximum atomic E-state index is 11.9. The van der Waals surface area contributed by atoms with Gasteiger partial charge in [0.2, 0.25) is 0 Å². The molecule has 4 N–H and O–H groups in total. The number of nitrogens with one attached hydrogen (secondary N) is 2. The van der Waals surface area contributed by atoms with E-state index in [2.05, 4.69) is 20.6 Å². The van der Waals surface area contributed by atoms with Crippen molar-refractivity contribution in [2.24, 2.45) is 0 Å². The molecule has 2 amide bonds. The van der Waals surface area contributed by atoms with Gasteiger partial charge in [0.1, 0.15) is 0 Å². The second-order valence-corrected chi connectivity index (χ2v) is 5.99. The molecule has 3 aromatic rings. The molecule has 0 fully saturated rings. The van der Waals surface area contributed by atoms with Crippen LogP contribution in [0.15, 0.2) is 54.0 Å². The van der Waals surface area contributed by atoms with Crippen molar-refractivity contribution < 1.29 is 4.79 Å². The van der Waals surface area contributed by atoms with Crippen LogP contribution in [0.4, 0.5) is 15.6 Å². The van der Waals surface area contributed by atoms with Crippen LogP contribution < -0.4 is 16.4 Å². The van der Waals surface area contributed by atoms with Gasteiger partial charge in [0, 0.05) is 41.5 Å². The van der Waals surface area contributed by atoms with Crippen LogP contribution in [-0.2, 0) is 6.42 Å². The van der Waals surface area contributed by atoms with Gasteiger partial charge in [0.05, 0.1) is 5.69 Å². The highest BCUT2D eigenvalue weighted by atomic mass is 32.1. The molecule has 24 heavy (non-hydrogen) atoms. The lowest BCUT2D eigenvalue weighted by Crippen LogP contribution is -2.30. The summed E-state index contributed by atoms with van der Waals surface area (Å²) in [5.41, 5.74) is 9.11. The highest BCUT2D eigenvalue weighted by Crippen LogP contribution is 2.24. The molecule has 0 aliphatic rings. The van der Waals surface area contributed by atoms with Gasteiger partial charge in [-0.2, -0.15) is 0 Å². The lowest BCUT2D eigenvalue weighted by Gasteiger charge is -2.08. The van der Waals surface area contributed by atoms with E-state index in [0.717, 1.165) is 22.6 Å². The molecular formula is C17H17N5OS. The number of thiazole rings is 1. The molecule has 0 unspecified atom stereocenters. The van der Waals surface area contributed by atoms with E-state index >= 15 is 0 Å². The normalized spacial score (nSPS) is 10.3. The van der Waals surface area contributed by atoms with Crippen molar-refractivity contribution in [1.82, 2.24) is 15.3 Å². The highest BCUT2D eigenvalue weighted by Gasteiger charge is 2.04. The second-order valence-electron chi connectivity index (χ2n) is 5.10. The van der Waals surface area contributed by atoms with Crippen LogP contribution in [0.5, 0.6) is 0 Å². The Morgan fingerprint density at radius 1 is 1.17 bits per heavy atom. The molecule has 0 spiro atoms. The van der Waals surface area contributed by atoms with Crippen molar-refractivity contribution in [3.05, 3.63) is 59.7 Å². The van der Waals surface area contributed by atoms with Crippen molar-refractivity contribution in [3.63, 3.8) is 0 Å². The van der Waals surface area contributed by atoms with E-state index in [-0.39, 0.29) is 6.03 Å². The molecule has 0 saturated heterocycles. The monoisotopic (exact) mass is 339 g/mol. The average Bonchev–Trinajstić information content (AvgIpc) is 3.03. The van der Waals surface area contributed by atoms with Gasteiger partial charge in [0.25, 0.3) is 0 Å². The van der Waals surface area contributed by atoms with Gasteiger partial charge in [-0.25, -0.2) is 9.78 Å². The van der Waals surface area contributed by atoms with Crippen LogP contribution in [0, 0.1) is 0 Å². The first-order chi connectivity index (χ1) is 11.7. The number of pyridine rings is 1. The van der Waals surface area contributed by atoms with Gasteiger partial charge < -0.3 is 16.4 Å². The number of carbonyl (C=O) groups excluding carboxylic acids is 1. The SMILES string of the molecule is Nc1nc(-c2ccc(NC(=O)NCCc3ccccn3)cc2)cs1. The average molecular weight is 339 g/mol. The number of urea groups is 1. The zero-order chi connectivity index (χ0) is 16.8. The molecule has 0 atom stereocenters. The number of rotatable bonds is 5. The van der Waals surface area contributed by atoms with Gasteiger partial charge in [-0.3, -0.25) is 4.98 Å². The Hall–Kier alpha value is -2.93. The third-order valence-electron chi connectivity index (χ3n) is 3.35. The number of amides is 2. The van der Waals surface area contributed by atoms with Gasteiger partial charge in [-0.05, 0) is 24.3 Å². The predicted octanol–water partition coefficient (Wildman–Crippen LogP) is 3.15. The Morgan fingerprint density at radius 2 is 2.00 bits per heavy atom. The molecule has 3 rings (SSSR count). The number of nitrogens with zero attached hydrogens (tertiary/aromatic N) is 2. The van der Waals surface area contributed by atoms with Crippen LogP contribution in [0.1, 0.15) is 5.69 Å². The van der Waals surface area contributed by atoms with Gasteiger partial charge in [0.15, 0.2) is 5.13 Å². The molecule has 122 valence electrons. The van der Waals surface area contributed by atoms with E-state index in [1.807, 2.05) is 47.8 Å². The first kappa shape index (κ1) is 15.9. The molecule has 2 aromatic heterocycles. The first-order valence-electron chi connectivity index (χ1n) is 7.47. The minimum Gasteiger partial charge on any atom is -0.375 e. The summed E-state index contributed by atoms with van der Waals surface area (Å²) in [6, 6.07) is 13.0. The number of hydrogen-bond acceptors (Lipinski definition) is 5. The summed E-state index contributed by atoms with van der Waals surface area (Å²) in [7, 11) is 0. The summed E-state index contributed by atoms with van der Waals surface area (Å²) in [6.45, 7) is 0.527. The quantitative estimate of drug-likeness (QED) is 0.666. The highest BCUT2D eigenvalue weighted by molar-refractivity contribution is 7.13. The number of benzene rings is 1. The topological polar surface area (TPSA) is 92.9 Å². The van der Waals surface area contributed by atoms with Crippen molar-refractivity contribution >= 4 is 28.2 Å². The number of nitrogens with two attached hydrogens (primary N) is 1. The van der Waals surface area contributed by atoms with Crippen LogP contribution >= 0.6 is 11.3 Å². The van der Waals surface area contributed by atoms with Crippen LogP contribution in [0.25, 0.3) is 11.3 Å². The zero-order valence-corrected chi connectivity index (χ0v) is 13.7. The van der Waals surface area contributed by atoms with Crippen LogP contribution in [0.2, 0.25) is 0 Å². The molecule has 2 heterocycles. The van der Waals surface area contributed by atoms with Crippen molar-refractivity contribution in [2.45, 2.75) is 6.42 Å². The fourth-order valence-electron chi connectivity index (χ4n) is 2.17. The second kappa shape index (κ2) is 7.56. The van der Waals surface area contributed by atoms with Crippen LogP contribution in [-0.4, -0.2) is 22.5 Å². The van der Waals surface area contributed by atoms with E-state index < -0.39 is 0 Å². The number of nitrogen functional groups attached to an aromatic ring is 1. The summed E-state index contributed by atoms with van der Waals surface area (Å²) < 4.78 is 0. The Labute approximate surface area is 143 Å². The van der Waals surface area contributed by atoms with E-state index in [1.165, 1.54) is 11.3 Å². The largest absolute Gasteiger partial charge is 0.375 e. The summed E-state index contributed by atoms with van der Waals surface area (Å²) in [6.07, 6.45) is 2.44. The number of aromatic nitrogens is 2. The van der Waals surface area contributed by atoms with E-state index in [9.17, 15) is 4.79 Å². The number of carbonyl (C=O) groups is 1. The Morgan fingerprint density at radius 3 is 2.67 bits per heavy atom. The van der Waals surface area contributed by atoms with E-state index in [4.69, 9.17) is 5.73 Å². The molecule has 0 bridgehead atoms. The first-order valence-corrected chi connectivity index (χ1v) is 8.35. The van der Waals surface area contributed by atoms with Crippen molar-refractivity contribution in [1.29, 1.82) is 0 Å². The maximum absolute atomic E-state index is 11.9.